The number of nitrogens with zero attached hydrogens (tertiary/aromatic N) is 1. The predicted octanol–water partition coefficient (Wildman–Crippen LogP) is 2.14. The van der Waals surface area contributed by atoms with Gasteiger partial charge in [-0.15, -0.1) is 0 Å². The summed E-state index contributed by atoms with van der Waals surface area (Å²) in [5.41, 5.74) is 0.610. The molecule has 9 heteroatoms. The van der Waals surface area contributed by atoms with E-state index >= 15 is 0 Å². The van der Waals surface area contributed by atoms with Gasteiger partial charge in [-0.25, -0.2) is 8.42 Å². The first-order chi connectivity index (χ1) is 15.0. The van der Waals surface area contributed by atoms with Crippen molar-refractivity contribution < 1.29 is 22.6 Å². The number of rotatable bonds is 7. The van der Waals surface area contributed by atoms with Gasteiger partial charge in [0, 0.05) is 24.7 Å². The fourth-order valence-corrected chi connectivity index (χ4v) is 4.99. The molecule has 1 atom stereocenters. The summed E-state index contributed by atoms with van der Waals surface area (Å²) in [5, 5.41) is 0.782. The first-order valence-corrected chi connectivity index (χ1v) is 11.4. The molecule has 2 heterocycles. The van der Waals surface area contributed by atoms with Crippen LogP contribution >= 0.6 is 0 Å². The van der Waals surface area contributed by atoms with E-state index in [9.17, 15) is 13.2 Å². The summed E-state index contributed by atoms with van der Waals surface area (Å²) in [4.78, 5) is 15.7. The van der Waals surface area contributed by atoms with Gasteiger partial charge in [0.25, 0.3) is 5.56 Å². The number of hydrogen-bond donors (Lipinski definition) is 1. The van der Waals surface area contributed by atoms with Crippen LogP contribution in [0.15, 0.2) is 64.3 Å². The number of benzene rings is 2. The van der Waals surface area contributed by atoms with E-state index in [0.717, 1.165) is 5.39 Å². The number of sulfonamides is 1. The topological polar surface area (TPSA) is 97.9 Å². The third-order valence-corrected chi connectivity index (χ3v) is 6.98. The van der Waals surface area contributed by atoms with Crippen molar-refractivity contribution in [1.29, 1.82) is 0 Å². The number of ether oxygens (including phenoxy) is 3. The van der Waals surface area contributed by atoms with Gasteiger partial charge in [-0.05, 0) is 35.7 Å². The van der Waals surface area contributed by atoms with Crippen molar-refractivity contribution in [1.82, 2.24) is 9.29 Å². The van der Waals surface area contributed by atoms with Gasteiger partial charge in [0.05, 0.1) is 43.4 Å². The maximum Gasteiger partial charge on any atom is 0.252 e. The Morgan fingerprint density at radius 2 is 1.94 bits per heavy atom. The number of methoxy groups -OCH3 is 1. The third kappa shape index (κ3) is 4.80. The second-order valence-corrected chi connectivity index (χ2v) is 9.19. The minimum atomic E-state index is -3.85. The van der Waals surface area contributed by atoms with E-state index in [1.807, 2.05) is 6.07 Å². The highest BCUT2D eigenvalue weighted by molar-refractivity contribution is 7.89. The minimum Gasteiger partial charge on any atom is -0.497 e. The van der Waals surface area contributed by atoms with Gasteiger partial charge in [0.2, 0.25) is 10.0 Å². The molecule has 1 aromatic heterocycles. The molecule has 4 rings (SSSR count). The average Bonchev–Trinajstić information content (AvgIpc) is 2.80. The van der Waals surface area contributed by atoms with Crippen molar-refractivity contribution in [3.8, 4) is 5.75 Å². The van der Waals surface area contributed by atoms with Gasteiger partial charge in [-0.1, -0.05) is 18.2 Å². The molecule has 164 valence electrons. The lowest BCUT2D eigenvalue weighted by molar-refractivity contribution is -0.0923. The van der Waals surface area contributed by atoms with Crippen molar-refractivity contribution in [2.75, 3.05) is 33.5 Å². The SMILES string of the molecule is COc1ccc2cc(CN(C[C@H]3COCCO3)S(=O)(=O)c3ccccc3)c(=O)[nH]c2c1. The zero-order valence-corrected chi connectivity index (χ0v) is 17.9. The Hall–Kier alpha value is -2.72. The largest absolute Gasteiger partial charge is 0.497 e. The molecule has 8 nitrogen and oxygen atoms in total. The molecular formula is C22H24N2O6S. The molecule has 0 aliphatic carbocycles. The number of nitrogens with one attached hydrogen (secondary N) is 1. The molecule has 31 heavy (non-hydrogen) atoms. The summed E-state index contributed by atoms with van der Waals surface area (Å²) in [5.74, 6) is 0.624. The van der Waals surface area contributed by atoms with E-state index in [0.29, 0.717) is 36.7 Å². The van der Waals surface area contributed by atoms with Gasteiger partial charge in [-0.2, -0.15) is 4.31 Å². The molecular weight excluding hydrogens is 420 g/mol. The van der Waals surface area contributed by atoms with E-state index in [1.165, 1.54) is 16.4 Å². The monoisotopic (exact) mass is 444 g/mol. The van der Waals surface area contributed by atoms with Crippen LogP contribution in [-0.2, 0) is 26.0 Å². The molecule has 0 unspecified atom stereocenters. The van der Waals surface area contributed by atoms with Crippen molar-refractivity contribution in [3.63, 3.8) is 0 Å². The molecule has 1 N–H and O–H groups in total. The average molecular weight is 445 g/mol. The molecule has 0 radical (unpaired) electrons. The van der Waals surface area contributed by atoms with Crippen LogP contribution in [0.3, 0.4) is 0 Å². The predicted molar refractivity (Wildman–Crippen MR) is 116 cm³/mol. The maximum absolute atomic E-state index is 13.4. The van der Waals surface area contributed by atoms with Crippen molar-refractivity contribution in [2.24, 2.45) is 0 Å². The summed E-state index contributed by atoms with van der Waals surface area (Å²) < 4.78 is 44.3. The van der Waals surface area contributed by atoms with Crippen LogP contribution in [-0.4, -0.2) is 57.3 Å². The number of H-pyrrole nitrogens is 1. The zero-order chi connectivity index (χ0) is 21.8. The van der Waals surface area contributed by atoms with E-state index in [-0.39, 0.29) is 23.5 Å². The number of hydrogen-bond acceptors (Lipinski definition) is 6. The number of aromatic nitrogens is 1. The van der Waals surface area contributed by atoms with Crippen LogP contribution in [0.2, 0.25) is 0 Å². The lowest BCUT2D eigenvalue weighted by atomic mass is 10.1. The number of fused-ring (bicyclic) bond motifs is 1. The Labute approximate surface area is 180 Å². The third-order valence-electron chi connectivity index (χ3n) is 5.15. The molecule has 1 saturated heterocycles. The number of pyridine rings is 1. The molecule has 0 spiro atoms. The quantitative estimate of drug-likeness (QED) is 0.600. The molecule has 1 aliphatic heterocycles. The standard InChI is InChI=1S/C22H24N2O6S/c1-28-18-8-7-16-11-17(22(25)23-21(16)12-18)13-24(14-19-15-29-9-10-30-19)31(26,27)20-5-3-2-4-6-20/h2-8,11-12,19H,9-10,13-15H2,1H3,(H,23,25)/t19-/m0/s1. The summed E-state index contributed by atoms with van der Waals surface area (Å²) in [6, 6.07) is 15.2. The van der Waals surface area contributed by atoms with E-state index < -0.39 is 16.1 Å². The maximum atomic E-state index is 13.4. The molecule has 0 saturated carbocycles. The van der Waals surface area contributed by atoms with Crippen molar-refractivity contribution in [3.05, 3.63) is 70.5 Å². The second kappa shape index (κ2) is 9.19. The van der Waals surface area contributed by atoms with E-state index in [2.05, 4.69) is 4.98 Å². The van der Waals surface area contributed by atoms with Crippen LogP contribution in [0.4, 0.5) is 0 Å². The Balaban J connectivity index is 1.70. The van der Waals surface area contributed by atoms with Crippen molar-refractivity contribution >= 4 is 20.9 Å². The lowest BCUT2D eigenvalue weighted by Gasteiger charge is -2.29. The number of aromatic amines is 1. The Kier molecular flexibility index (Phi) is 6.38. The van der Waals surface area contributed by atoms with E-state index in [1.54, 1.807) is 43.5 Å². The van der Waals surface area contributed by atoms with E-state index in [4.69, 9.17) is 14.2 Å². The summed E-state index contributed by atoms with van der Waals surface area (Å²) in [6.07, 6.45) is -0.406. The summed E-state index contributed by atoms with van der Waals surface area (Å²) in [6.45, 7) is 1.18. The molecule has 1 aliphatic rings. The fourth-order valence-electron chi connectivity index (χ4n) is 3.52. The summed E-state index contributed by atoms with van der Waals surface area (Å²) in [7, 11) is -2.30. The van der Waals surface area contributed by atoms with Gasteiger partial charge in [0.1, 0.15) is 5.75 Å². The van der Waals surface area contributed by atoms with Crippen LogP contribution in [0.5, 0.6) is 5.75 Å². The first-order valence-electron chi connectivity index (χ1n) is 9.92. The van der Waals surface area contributed by atoms with Crippen LogP contribution < -0.4 is 10.3 Å². The van der Waals surface area contributed by atoms with Crippen LogP contribution in [0.1, 0.15) is 5.56 Å². The zero-order valence-electron chi connectivity index (χ0n) is 17.1. The molecule has 2 aromatic carbocycles. The lowest BCUT2D eigenvalue weighted by Crippen LogP contribution is -2.43. The van der Waals surface area contributed by atoms with Gasteiger partial charge >= 0.3 is 0 Å². The minimum absolute atomic E-state index is 0.0807. The summed E-state index contributed by atoms with van der Waals surface area (Å²) >= 11 is 0. The van der Waals surface area contributed by atoms with Gasteiger partial charge in [-0.3, -0.25) is 4.79 Å². The molecule has 0 amide bonds. The van der Waals surface area contributed by atoms with Gasteiger partial charge in [0.15, 0.2) is 0 Å². The molecule has 0 bridgehead atoms. The van der Waals surface area contributed by atoms with Crippen LogP contribution in [0, 0.1) is 0 Å². The van der Waals surface area contributed by atoms with Crippen molar-refractivity contribution in [2.45, 2.75) is 17.5 Å². The highest BCUT2D eigenvalue weighted by atomic mass is 32.2. The molecule has 3 aromatic rings. The smallest absolute Gasteiger partial charge is 0.252 e. The van der Waals surface area contributed by atoms with Crippen LogP contribution in [0.25, 0.3) is 10.9 Å². The molecule has 1 fully saturated rings. The normalized spacial score (nSPS) is 17.2. The fraction of sp³-hybridized carbons (Fsp3) is 0.318. The second-order valence-electron chi connectivity index (χ2n) is 7.26. The Morgan fingerprint density at radius 3 is 2.65 bits per heavy atom. The highest BCUT2D eigenvalue weighted by Crippen LogP contribution is 2.22. The van der Waals surface area contributed by atoms with Gasteiger partial charge < -0.3 is 19.2 Å². The highest BCUT2D eigenvalue weighted by Gasteiger charge is 2.29. The Bertz CT molecular complexity index is 1200. The Morgan fingerprint density at radius 1 is 1.13 bits per heavy atom. The first kappa shape index (κ1) is 21.5.